The molecule has 2 N–H and O–H groups in total. The number of aryl methyl sites for hydroxylation is 1. The molecule has 1 rings (SSSR count). The van der Waals surface area contributed by atoms with Crippen molar-refractivity contribution in [1.82, 2.24) is 0 Å². The summed E-state index contributed by atoms with van der Waals surface area (Å²) in [4.78, 5) is 4.42. The molecular weight excluding hydrogens is 246 g/mol. The number of benzene rings is 1. The van der Waals surface area contributed by atoms with Crippen molar-refractivity contribution in [2.45, 2.75) is 26.7 Å². The molecule has 0 radical (unpaired) electrons. The first kappa shape index (κ1) is 15.9. The van der Waals surface area contributed by atoms with Crippen LogP contribution in [0, 0.1) is 18.3 Å². The van der Waals surface area contributed by atoms with Crippen molar-refractivity contribution in [3.63, 3.8) is 0 Å². The summed E-state index contributed by atoms with van der Waals surface area (Å²) in [7, 11) is 0. The Bertz CT molecular complexity index is 574. The first-order valence-electron chi connectivity index (χ1n) is 6.75. The van der Waals surface area contributed by atoms with Gasteiger partial charge in [-0.15, -0.1) is 0 Å². The fourth-order valence-corrected chi connectivity index (χ4v) is 1.94. The standard InChI is InChI=1S/C17H21N3/c1-4-5-15(8-9-18)12-20-14(3)17-7-6-16(11-19)10-13(17)2/h5-7,10,12H,3-4,8-9,18H2,1-2H3/b15-5-,20-12?. The summed E-state index contributed by atoms with van der Waals surface area (Å²) < 4.78 is 0. The Balaban J connectivity index is 2.91. The van der Waals surface area contributed by atoms with Gasteiger partial charge in [-0.25, -0.2) is 0 Å². The van der Waals surface area contributed by atoms with Crippen molar-refractivity contribution in [2.75, 3.05) is 6.54 Å². The SMILES string of the molecule is C=C(N=C/C(=C\CC)CCN)c1ccc(C#N)cc1C. The van der Waals surface area contributed by atoms with Crippen LogP contribution in [-0.4, -0.2) is 12.8 Å². The molecule has 0 unspecified atom stereocenters. The monoisotopic (exact) mass is 267 g/mol. The van der Waals surface area contributed by atoms with E-state index in [4.69, 9.17) is 11.0 Å². The van der Waals surface area contributed by atoms with Gasteiger partial charge < -0.3 is 5.73 Å². The zero-order valence-corrected chi connectivity index (χ0v) is 12.2. The summed E-state index contributed by atoms with van der Waals surface area (Å²) in [5.41, 5.74) is 10.0. The lowest BCUT2D eigenvalue weighted by Gasteiger charge is -2.06. The molecule has 0 spiro atoms. The first-order valence-corrected chi connectivity index (χ1v) is 6.75. The van der Waals surface area contributed by atoms with Gasteiger partial charge in [0.25, 0.3) is 0 Å². The number of hydrogen-bond donors (Lipinski definition) is 1. The summed E-state index contributed by atoms with van der Waals surface area (Å²) >= 11 is 0. The fraction of sp³-hybridized carbons (Fsp3) is 0.294. The van der Waals surface area contributed by atoms with Gasteiger partial charge in [0, 0.05) is 11.8 Å². The molecule has 1 aromatic carbocycles. The number of nitrogens with zero attached hydrogens (tertiary/aromatic N) is 2. The molecule has 1 aromatic rings. The third-order valence-electron chi connectivity index (χ3n) is 2.95. The van der Waals surface area contributed by atoms with E-state index in [1.165, 1.54) is 0 Å². The molecule has 20 heavy (non-hydrogen) atoms. The Morgan fingerprint density at radius 3 is 2.80 bits per heavy atom. The molecule has 0 aliphatic heterocycles. The first-order chi connectivity index (χ1) is 9.62. The van der Waals surface area contributed by atoms with E-state index in [9.17, 15) is 0 Å². The van der Waals surface area contributed by atoms with E-state index in [2.05, 4.69) is 30.6 Å². The van der Waals surface area contributed by atoms with Gasteiger partial charge in [-0.05, 0) is 49.6 Å². The molecule has 0 fully saturated rings. The summed E-state index contributed by atoms with van der Waals surface area (Å²) in [5, 5.41) is 8.86. The van der Waals surface area contributed by atoms with Crippen molar-refractivity contribution < 1.29 is 0 Å². The number of aliphatic imine (C=N–C) groups is 1. The molecule has 0 aliphatic rings. The molecule has 0 aliphatic carbocycles. The van der Waals surface area contributed by atoms with Gasteiger partial charge in [-0.1, -0.05) is 25.6 Å². The predicted octanol–water partition coefficient (Wildman–Crippen LogP) is 3.59. The number of allylic oxidation sites excluding steroid dienone is 1. The highest BCUT2D eigenvalue weighted by Gasteiger charge is 2.03. The maximum atomic E-state index is 8.86. The molecule has 0 amide bonds. The van der Waals surface area contributed by atoms with E-state index >= 15 is 0 Å². The van der Waals surface area contributed by atoms with Gasteiger partial charge in [-0.3, -0.25) is 4.99 Å². The normalized spacial score (nSPS) is 11.6. The highest BCUT2D eigenvalue weighted by Crippen LogP contribution is 2.19. The summed E-state index contributed by atoms with van der Waals surface area (Å²) in [5.74, 6) is 0. The average molecular weight is 267 g/mol. The smallest absolute Gasteiger partial charge is 0.0991 e. The summed E-state index contributed by atoms with van der Waals surface area (Å²) in [6.07, 6.45) is 5.73. The molecule has 0 saturated carbocycles. The summed E-state index contributed by atoms with van der Waals surface area (Å²) in [6.45, 7) is 8.65. The second-order valence-corrected chi connectivity index (χ2v) is 4.57. The maximum Gasteiger partial charge on any atom is 0.0991 e. The molecule has 0 saturated heterocycles. The van der Waals surface area contributed by atoms with E-state index in [1.54, 1.807) is 6.07 Å². The van der Waals surface area contributed by atoms with Crippen LogP contribution in [0.1, 0.15) is 36.5 Å². The minimum atomic E-state index is 0.611. The van der Waals surface area contributed by atoms with Gasteiger partial charge in [0.1, 0.15) is 0 Å². The topological polar surface area (TPSA) is 62.2 Å². The lowest BCUT2D eigenvalue weighted by Crippen LogP contribution is -2.01. The Hall–Kier alpha value is -2.18. The lowest BCUT2D eigenvalue weighted by molar-refractivity contribution is 0.977. The van der Waals surface area contributed by atoms with Crippen molar-refractivity contribution in [3.8, 4) is 6.07 Å². The van der Waals surface area contributed by atoms with E-state index in [0.717, 1.165) is 29.5 Å². The van der Waals surface area contributed by atoms with E-state index in [-0.39, 0.29) is 0 Å². The van der Waals surface area contributed by atoms with Crippen molar-refractivity contribution in [2.24, 2.45) is 10.7 Å². The van der Waals surface area contributed by atoms with Crippen LogP contribution in [0.15, 0.2) is 41.4 Å². The van der Waals surface area contributed by atoms with Crippen LogP contribution in [-0.2, 0) is 0 Å². The molecule has 0 aromatic heterocycles. The number of rotatable bonds is 6. The lowest BCUT2D eigenvalue weighted by atomic mass is 10.0. The second kappa shape index (κ2) is 8.08. The fourth-order valence-electron chi connectivity index (χ4n) is 1.94. The van der Waals surface area contributed by atoms with E-state index < -0.39 is 0 Å². The van der Waals surface area contributed by atoms with Crippen LogP contribution in [0.4, 0.5) is 0 Å². The summed E-state index contributed by atoms with van der Waals surface area (Å²) in [6, 6.07) is 7.64. The van der Waals surface area contributed by atoms with Gasteiger partial charge >= 0.3 is 0 Å². The van der Waals surface area contributed by atoms with Crippen LogP contribution in [0.5, 0.6) is 0 Å². The minimum absolute atomic E-state index is 0.611. The molecule has 3 nitrogen and oxygen atoms in total. The Morgan fingerprint density at radius 2 is 2.25 bits per heavy atom. The Morgan fingerprint density at radius 1 is 1.50 bits per heavy atom. The third-order valence-corrected chi connectivity index (χ3v) is 2.95. The van der Waals surface area contributed by atoms with Crippen LogP contribution in [0.3, 0.4) is 0 Å². The second-order valence-electron chi connectivity index (χ2n) is 4.57. The third kappa shape index (κ3) is 4.49. The highest BCUT2D eigenvalue weighted by atomic mass is 14.7. The largest absolute Gasteiger partial charge is 0.330 e. The Kier molecular flexibility index (Phi) is 6.42. The minimum Gasteiger partial charge on any atom is -0.330 e. The van der Waals surface area contributed by atoms with E-state index in [0.29, 0.717) is 17.8 Å². The van der Waals surface area contributed by atoms with Crippen molar-refractivity contribution in [3.05, 3.63) is 53.1 Å². The van der Waals surface area contributed by atoms with Gasteiger partial charge in [-0.2, -0.15) is 5.26 Å². The molecule has 0 atom stereocenters. The van der Waals surface area contributed by atoms with Gasteiger partial charge in [0.05, 0.1) is 17.3 Å². The number of nitriles is 1. The van der Waals surface area contributed by atoms with Crippen LogP contribution in [0.2, 0.25) is 0 Å². The van der Waals surface area contributed by atoms with Crippen molar-refractivity contribution >= 4 is 11.9 Å². The molecular formula is C17H21N3. The zero-order chi connectivity index (χ0) is 15.0. The zero-order valence-electron chi connectivity index (χ0n) is 12.2. The highest BCUT2D eigenvalue weighted by molar-refractivity contribution is 5.84. The van der Waals surface area contributed by atoms with Crippen LogP contribution >= 0.6 is 0 Å². The molecule has 0 heterocycles. The van der Waals surface area contributed by atoms with Crippen LogP contribution < -0.4 is 5.73 Å². The van der Waals surface area contributed by atoms with Gasteiger partial charge in [0.2, 0.25) is 0 Å². The van der Waals surface area contributed by atoms with Gasteiger partial charge in [0.15, 0.2) is 0 Å². The molecule has 0 bridgehead atoms. The molecule has 104 valence electrons. The maximum absolute atomic E-state index is 8.86. The predicted molar refractivity (Wildman–Crippen MR) is 85.5 cm³/mol. The van der Waals surface area contributed by atoms with Crippen molar-refractivity contribution in [1.29, 1.82) is 5.26 Å². The van der Waals surface area contributed by atoms with E-state index in [1.807, 2.05) is 25.3 Å². The number of nitrogens with two attached hydrogens (primary N) is 1. The quantitative estimate of drug-likeness (QED) is 0.800. The van der Waals surface area contributed by atoms with Crippen LogP contribution in [0.25, 0.3) is 5.70 Å². The Labute approximate surface area is 121 Å². The number of hydrogen-bond acceptors (Lipinski definition) is 3. The average Bonchev–Trinajstić information content (AvgIpc) is 2.44. The molecule has 3 heteroatoms.